The Hall–Kier alpha value is -1.67. The minimum absolute atomic E-state index is 0.191. The molecule has 0 amide bonds. The zero-order valence-corrected chi connectivity index (χ0v) is 9.05. The predicted octanol–water partition coefficient (Wildman–Crippen LogP) is 2.33. The summed E-state index contributed by atoms with van der Waals surface area (Å²) in [4.78, 5) is 0. The Labute approximate surface area is 97.6 Å². The van der Waals surface area contributed by atoms with Crippen LogP contribution in [0.3, 0.4) is 0 Å². The quantitative estimate of drug-likeness (QED) is 0.827. The smallest absolute Gasteiger partial charge is 0.392 e. The van der Waals surface area contributed by atoms with Crippen molar-refractivity contribution in [3.63, 3.8) is 0 Å². The molecular formula is C12H12F3NO. The fourth-order valence-electron chi connectivity index (χ4n) is 1.12. The highest BCUT2D eigenvalue weighted by atomic mass is 19.4. The van der Waals surface area contributed by atoms with Crippen LogP contribution in [0.5, 0.6) is 5.75 Å². The highest BCUT2D eigenvalue weighted by Gasteiger charge is 2.26. The standard InChI is InChI=1S/C12H12F3NO/c13-12(14,15)7-9-17-11-6-2-1-4-10(11)5-3-8-16/h1-2,4,6H,7-9,16H2. The van der Waals surface area contributed by atoms with Crippen LogP contribution in [0, 0.1) is 11.8 Å². The third kappa shape index (κ3) is 5.27. The maximum Gasteiger partial charge on any atom is 0.392 e. The Kier molecular flexibility index (Phi) is 4.85. The first kappa shape index (κ1) is 13.4. The molecule has 1 aromatic rings. The van der Waals surface area contributed by atoms with E-state index < -0.39 is 19.2 Å². The lowest BCUT2D eigenvalue weighted by Crippen LogP contribution is -2.13. The van der Waals surface area contributed by atoms with Crippen LogP contribution in [0.4, 0.5) is 13.2 Å². The van der Waals surface area contributed by atoms with E-state index in [2.05, 4.69) is 11.8 Å². The summed E-state index contributed by atoms with van der Waals surface area (Å²) in [5, 5.41) is 0. The predicted molar refractivity (Wildman–Crippen MR) is 58.5 cm³/mol. The Morgan fingerprint density at radius 3 is 2.59 bits per heavy atom. The van der Waals surface area contributed by atoms with Gasteiger partial charge in [0, 0.05) is 0 Å². The summed E-state index contributed by atoms with van der Waals surface area (Å²) in [6.07, 6.45) is -5.19. The second-order valence-corrected chi connectivity index (χ2v) is 3.22. The van der Waals surface area contributed by atoms with Gasteiger partial charge < -0.3 is 10.5 Å². The van der Waals surface area contributed by atoms with Crippen LogP contribution in [0.15, 0.2) is 24.3 Å². The topological polar surface area (TPSA) is 35.2 Å². The molecule has 0 unspecified atom stereocenters. The molecule has 0 bridgehead atoms. The molecular weight excluding hydrogens is 231 g/mol. The molecule has 0 saturated carbocycles. The molecule has 1 aromatic carbocycles. The Bertz CT molecular complexity index is 418. The Morgan fingerprint density at radius 1 is 1.24 bits per heavy atom. The number of ether oxygens (including phenoxy) is 1. The number of hydrogen-bond acceptors (Lipinski definition) is 2. The van der Waals surface area contributed by atoms with Gasteiger partial charge in [-0.3, -0.25) is 0 Å². The minimum atomic E-state index is -4.21. The fourth-order valence-corrected chi connectivity index (χ4v) is 1.12. The van der Waals surface area contributed by atoms with Gasteiger partial charge in [-0.25, -0.2) is 0 Å². The number of nitrogens with two attached hydrogens (primary N) is 1. The summed E-state index contributed by atoms with van der Waals surface area (Å²) in [5.74, 6) is 5.71. The van der Waals surface area contributed by atoms with Crippen LogP contribution in [0.1, 0.15) is 12.0 Å². The van der Waals surface area contributed by atoms with Crippen molar-refractivity contribution in [3.05, 3.63) is 29.8 Å². The summed E-state index contributed by atoms with van der Waals surface area (Å²) in [5.41, 5.74) is 5.76. The van der Waals surface area contributed by atoms with Crippen LogP contribution in [0.25, 0.3) is 0 Å². The number of rotatable bonds is 3. The summed E-state index contributed by atoms with van der Waals surface area (Å²) in [7, 11) is 0. The van der Waals surface area contributed by atoms with E-state index in [1.807, 2.05) is 0 Å². The lowest BCUT2D eigenvalue weighted by atomic mass is 10.2. The van der Waals surface area contributed by atoms with Crippen molar-refractivity contribution in [2.45, 2.75) is 12.6 Å². The Morgan fingerprint density at radius 2 is 1.94 bits per heavy atom. The normalized spacial score (nSPS) is 10.6. The van der Waals surface area contributed by atoms with Gasteiger partial charge in [0.25, 0.3) is 0 Å². The molecule has 1 rings (SSSR count). The molecule has 0 atom stereocenters. The van der Waals surface area contributed by atoms with Gasteiger partial charge in [-0.15, -0.1) is 0 Å². The van der Waals surface area contributed by atoms with Gasteiger partial charge in [0.05, 0.1) is 25.1 Å². The van der Waals surface area contributed by atoms with Gasteiger partial charge in [0.15, 0.2) is 0 Å². The molecule has 0 fully saturated rings. The molecule has 0 saturated heterocycles. The molecule has 0 aliphatic heterocycles. The first-order chi connectivity index (χ1) is 8.03. The summed E-state index contributed by atoms with van der Waals surface area (Å²) in [6, 6.07) is 6.66. The van der Waals surface area contributed by atoms with Crippen molar-refractivity contribution >= 4 is 0 Å². The summed E-state index contributed by atoms with van der Waals surface area (Å²) < 4.78 is 40.9. The van der Waals surface area contributed by atoms with Crippen molar-refractivity contribution in [2.24, 2.45) is 5.73 Å². The van der Waals surface area contributed by atoms with Crippen LogP contribution >= 0.6 is 0 Å². The monoisotopic (exact) mass is 243 g/mol. The third-order valence-electron chi connectivity index (χ3n) is 1.86. The van der Waals surface area contributed by atoms with E-state index in [0.29, 0.717) is 11.3 Å². The molecule has 5 heteroatoms. The van der Waals surface area contributed by atoms with E-state index in [-0.39, 0.29) is 6.54 Å². The van der Waals surface area contributed by atoms with Gasteiger partial charge in [-0.1, -0.05) is 24.0 Å². The molecule has 0 aliphatic rings. The van der Waals surface area contributed by atoms with Crippen LogP contribution in [-0.2, 0) is 0 Å². The van der Waals surface area contributed by atoms with Crippen LogP contribution in [0.2, 0.25) is 0 Å². The molecule has 0 aromatic heterocycles. The van der Waals surface area contributed by atoms with E-state index in [1.54, 1.807) is 24.3 Å². The van der Waals surface area contributed by atoms with Crippen LogP contribution in [-0.4, -0.2) is 19.3 Å². The van der Waals surface area contributed by atoms with Gasteiger partial charge >= 0.3 is 6.18 Å². The first-order valence-electron chi connectivity index (χ1n) is 5.00. The maximum atomic E-state index is 11.9. The number of halogens is 3. The average molecular weight is 243 g/mol. The van der Waals surface area contributed by atoms with Crippen molar-refractivity contribution in [2.75, 3.05) is 13.2 Å². The molecule has 0 heterocycles. The van der Waals surface area contributed by atoms with Gasteiger partial charge in [-0.2, -0.15) is 13.2 Å². The largest absolute Gasteiger partial charge is 0.492 e. The lowest BCUT2D eigenvalue weighted by Gasteiger charge is -2.09. The van der Waals surface area contributed by atoms with Gasteiger partial charge in [0.2, 0.25) is 0 Å². The van der Waals surface area contributed by atoms with Crippen LogP contribution < -0.4 is 10.5 Å². The molecule has 0 aliphatic carbocycles. The van der Waals surface area contributed by atoms with Crippen molar-refractivity contribution in [3.8, 4) is 17.6 Å². The van der Waals surface area contributed by atoms with Gasteiger partial charge in [-0.05, 0) is 12.1 Å². The second-order valence-electron chi connectivity index (χ2n) is 3.22. The van der Waals surface area contributed by atoms with E-state index >= 15 is 0 Å². The lowest BCUT2D eigenvalue weighted by molar-refractivity contribution is -0.139. The molecule has 2 N–H and O–H groups in total. The van der Waals surface area contributed by atoms with E-state index in [1.165, 1.54) is 0 Å². The Balaban J connectivity index is 2.64. The highest BCUT2D eigenvalue weighted by Crippen LogP contribution is 2.21. The first-order valence-corrected chi connectivity index (χ1v) is 5.00. The van der Waals surface area contributed by atoms with E-state index in [4.69, 9.17) is 10.5 Å². The molecule has 92 valence electrons. The summed E-state index contributed by atoms with van der Waals surface area (Å²) in [6.45, 7) is -0.221. The van der Waals surface area contributed by atoms with E-state index in [9.17, 15) is 13.2 Å². The molecule has 17 heavy (non-hydrogen) atoms. The molecule has 0 radical (unpaired) electrons. The SMILES string of the molecule is NCC#Cc1ccccc1OCCC(F)(F)F. The maximum absolute atomic E-state index is 11.9. The second kappa shape index (κ2) is 6.16. The molecule has 0 spiro atoms. The zero-order chi connectivity index (χ0) is 12.7. The fraction of sp³-hybridized carbons (Fsp3) is 0.333. The van der Waals surface area contributed by atoms with Crippen molar-refractivity contribution in [1.29, 1.82) is 0 Å². The van der Waals surface area contributed by atoms with Crippen molar-refractivity contribution < 1.29 is 17.9 Å². The number of benzene rings is 1. The molecule has 2 nitrogen and oxygen atoms in total. The summed E-state index contributed by atoms with van der Waals surface area (Å²) >= 11 is 0. The average Bonchev–Trinajstić information content (AvgIpc) is 2.26. The third-order valence-corrected chi connectivity index (χ3v) is 1.86. The number of para-hydroxylation sites is 1. The minimum Gasteiger partial charge on any atom is -0.492 e. The van der Waals surface area contributed by atoms with Gasteiger partial charge in [0.1, 0.15) is 5.75 Å². The highest BCUT2D eigenvalue weighted by molar-refractivity contribution is 5.45. The van der Waals surface area contributed by atoms with E-state index in [0.717, 1.165) is 0 Å². The van der Waals surface area contributed by atoms with Crippen molar-refractivity contribution in [1.82, 2.24) is 0 Å². The number of hydrogen-bond donors (Lipinski definition) is 1. The zero-order valence-electron chi connectivity index (χ0n) is 9.05. The number of alkyl halides is 3.